The molecular weight excluding hydrogens is 669 g/mol. The van der Waals surface area contributed by atoms with Gasteiger partial charge in [0, 0.05) is 43.9 Å². The van der Waals surface area contributed by atoms with E-state index < -0.39 is 0 Å². The van der Waals surface area contributed by atoms with Crippen molar-refractivity contribution in [2.75, 3.05) is 21.1 Å². The molecule has 0 heterocycles. The number of benzene rings is 3. The molecule has 0 aliphatic heterocycles. The van der Waals surface area contributed by atoms with Gasteiger partial charge in [-0.25, -0.2) is 0 Å². The van der Waals surface area contributed by atoms with Crippen LogP contribution in [0, 0.1) is 0 Å². The topological polar surface area (TPSA) is 84.2 Å². The van der Waals surface area contributed by atoms with Crippen molar-refractivity contribution in [2.24, 2.45) is 0 Å². The van der Waals surface area contributed by atoms with E-state index in [-0.39, 0.29) is 38.4 Å². The molecule has 6 heteroatoms. The molecule has 3 rings (SSSR count). The van der Waals surface area contributed by atoms with E-state index in [9.17, 15) is 20.1 Å². The number of hydrogen-bond acceptors (Lipinski definition) is 5. The maximum atomic E-state index is 12.3. The molecule has 6 nitrogen and oxygen atoms in total. The van der Waals surface area contributed by atoms with Gasteiger partial charge in [-0.3, -0.25) is 9.69 Å². The third-order valence-corrected chi connectivity index (χ3v) is 9.86. The quantitative estimate of drug-likeness (QED) is 0.242. The Morgan fingerprint density at radius 3 is 0.815 bits per heavy atom. The van der Waals surface area contributed by atoms with Crippen molar-refractivity contribution in [2.45, 2.75) is 170 Å². The molecule has 0 aliphatic rings. The van der Waals surface area contributed by atoms with Gasteiger partial charge in [-0.2, -0.15) is 0 Å². The Morgan fingerprint density at radius 2 is 0.630 bits per heavy atom. The van der Waals surface area contributed by atoms with Crippen molar-refractivity contribution in [3.63, 3.8) is 0 Å². The molecule has 54 heavy (non-hydrogen) atoms. The largest absolute Gasteiger partial charge is 0.507 e. The fourth-order valence-electron chi connectivity index (χ4n) is 6.70. The lowest BCUT2D eigenvalue weighted by Crippen LogP contribution is -2.24. The molecule has 0 bridgehead atoms. The van der Waals surface area contributed by atoms with E-state index in [4.69, 9.17) is 0 Å². The molecule has 0 spiro atoms. The van der Waals surface area contributed by atoms with Crippen molar-refractivity contribution < 1.29 is 20.1 Å². The lowest BCUT2D eigenvalue weighted by atomic mass is 9.78. The molecule has 0 saturated carbocycles. The van der Waals surface area contributed by atoms with E-state index in [0.717, 1.165) is 46.5 Å². The van der Waals surface area contributed by atoms with Crippen LogP contribution < -0.4 is 0 Å². The summed E-state index contributed by atoms with van der Waals surface area (Å²) in [5.74, 6) is 1.12. The first kappa shape index (κ1) is 46.6. The molecular formula is C48H76N2O4. The summed E-state index contributed by atoms with van der Waals surface area (Å²) in [6.07, 6.45) is 0. The average molecular weight is 745 g/mol. The lowest BCUT2D eigenvalue weighted by Gasteiger charge is -2.30. The monoisotopic (exact) mass is 745 g/mol. The first-order valence-electron chi connectivity index (χ1n) is 19.5. The fourth-order valence-corrected chi connectivity index (χ4v) is 6.70. The van der Waals surface area contributed by atoms with Gasteiger partial charge < -0.3 is 20.2 Å². The van der Waals surface area contributed by atoms with Gasteiger partial charge in [0.25, 0.3) is 5.91 Å². The highest BCUT2D eigenvalue weighted by Crippen LogP contribution is 2.43. The van der Waals surface area contributed by atoms with Gasteiger partial charge in [-0.05, 0) is 85.1 Å². The number of hydrogen-bond donors (Lipinski definition) is 3. The second-order valence-corrected chi connectivity index (χ2v) is 21.9. The molecule has 3 aromatic rings. The Bertz CT molecular complexity index is 1600. The van der Waals surface area contributed by atoms with Gasteiger partial charge in [-0.1, -0.05) is 149 Å². The first-order valence-corrected chi connectivity index (χ1v) is 19.5. The predicted octanol–water partition coefficient (Wildman–Crippen LogP) is 11.6. The summed E-state index contributed by atoms with van der Waals surface area (Å²) in [5.41, 5.74) is 7.68. The van der Waals surface area contributed by atoms with Crippen LogP contribution in [0.5, 0.6) is 17.2 Å². The van der Waals surface area contributed by atoms with E-state index in [2.05, 4.69) is 119 Å². The summed E-state index contributed by atoms with van der Waals surface area (Å²) in [7, 11) is 5.62. The summed E-state index contributed by atoms with van der Waals surface area (Å²) in [5, 5.41) is 32.7. The van der Waals surface area contributed by atoms with E-state index in [1.807, 2.05) is 53.7 Å². The summed E-state index contributed by atoms with van der Waals surface area (Å²) < 4.78 is 0. The van der Waals surface area contributed by atoms with Gasteiger partial charge in [0.15, 0.2) is 0 Å². The summed E-state index contributed by atoms with van der Waals surface area (Å²) >= 11 is 0. The van der Waals surface area contributed by atoms with Crippen LogP contribution in [-0.2, 0) is 45.6 Å². The van der Waals surface area contributed by atoms with Crippen molar-refractivity contribution in [3.8, 4) is 17.2 Å². The van der Waals surface area contributed by atoms with Gasteiger partial charge in [0.05, 0.1) is 0 Å². The lowest BCUT2D eigenvalue weighted by molar-refractivity contribution is 0.0827. The Morgan fingerprint density at radius 1 is 0.426 bits per heavy atom. The second-order valence-electron chi connectivity index (χ2n) is 21.9. The molecule has 0 atom stereocenters. The van der Waals surface area contributed by atoms with Crippen LogP contribution >= 0.6 is 0 Å². The minimum absolute atomic E-state index is 0.0407. The standard InChI is InChI=1S/C31H49NO2.C17H27NO2/c1-28(2,3)22-14-20(15-23(26(22)33)29(4,5)6)18-32(13)19-21-16-24(30(7,8)9)27(34)25(17-21)31(10,11)12;1-16(2,3)12-9-11(15(20)18(7)8)10-13(14(12)19)17(4,5)6/h14-17,33-34H,18-19H2,1-13H3;9-10,19H,1-8H3. The average Bonchev–Trinajstić information content (AvgIpc) is 2.95. The van der Waals surface area contributed by atoms with Crippen molar-refractivity contribution in [3.05, 3.63) is 86.5 Å². The van der Waals surface area contributed by atoms with Crippen LogP contribution in [-0.4, -0.2) is 52.2 Å². The molecule has 3 aromatic carbocycles. The number of carbonyl (C=O) groups is 1. The van der Waals surface area contributed by atoms with Crippen LogP contribution in [0.25, 0.3) is 0 Å². The molecule has 3 N–H and O–H groups in total. The van der Waals surface area contributed by atoms with Crippen molar-refractivity contribution in [1.82, 2.24) is 9.80 Å². The van der Waals surface area contributed by atoms with Crippen LogP contribution in [0.4, 0.5) is 0 Å². The molecule has 1 amide bonds. The Labute approximate surface area is 330 Å². The predicted molar refractivity (Wildman–Crippen MR) is 230 cm³/mol. The summed E-state index contributed by atoms with van der Waals surface area (Å²) in [6, 6.07) is 12.3. The first-order chi connectivity index (χ1) is 24.0. The van der Waals surface area contributed by atoms with E-state index in [0.29, 0.717) is 22.8 Å². The Hall–Kier alpha value is -3.51. The highest BCUT2D eigenvalue weighted by Gasteiger charge is 2.30. The number of rotatable bonds is 5. The SMILES string of the molecule is CN(C)C(=O)c1cc(C(C)(C)C)c(O)c(C(C)(C)C)c1.CN(Cc1cc(C(C)(C)C)c(O)c(C(C)(C)C)c1)Cc1cc(C(C)(C)C)c(O)c(C(C)(C)C)c1. The van der Waals surface area contributed by atoms with Crippen LogP contribution in [0.15, 0.2) is 36.4 Å². The summed E-state index contributed by atoms with van der Waals surface area (Å²) in [6.45, 7) is 39.6. The second kappa shape index (κ2) is 15.9. The van der Waals surface area contributed by atoms with Crippen LogP contribution in [0.3, 0.4) is 0 Å². The van der Waals surface area contributed by atoms with Gasteiger partial charge in [0.2, 0.25) is 0 Å². The Balaban J connectivity index is 0.000000429. The highest BCUT2D eigenvalue weighted by molar-refractivity contribution is 5.94. The molecule has 0 unspecified atom stereocenters. The van der Waals surface area contributed by atoms with Crippen LogP contribution in [0.1, 0.15) is 179 Å². The molecule has 0 radical (unpaired) electrons. The smallest absolute Gasteiger partial charge is 0.253 e. The minimum Gasteiger partial charge on any atom is -0.507 e. The highest BCUT2D eigenvalue weighted by atomic mass is 16.3. The van der Waals surface area contributed by atoms with E-state index in [1.165, 1.54) is 11.1 Å². The molecule has 0 aliphatic carbocycles. The number of phenolic OH excluding ortho intramolecular Hbond substituents is 3. The summed E-state index contributed by atoms with van der Waals surface area (Å²) in [4.78, 5) is 16.1. The van der Waals surface area contributed by atoms with Crippen LogP contribution in [0.2, 0.25) is 0 Å². The zero-order chi connectivity index (χ0) is 42.3. The van der Waals surface area contributed by atoms with E-state index in [1.54, 1.807) is 19.0 Å². The fraction of sp³-hybridized carbons (Fsp3) is 0.604. The zero-order valence-electron chi connectivity index (χ0n) is 38.0. The number of amides is 1. The number of phenols is 3. The van der Waals surface area contributed by atoms with E-state index >= 15 is 0 Å². The number of carbonyl (C=O) groups excluding carboxylic acids is 1. The van der Waals surface area contributed by atoms with Gasteiger partial charge >= 0.3 is 0 Å². The maximum Gasteiger partial charge on any atom is 0.253 e. The Kier molecular flexibility index (Phi) is 13.8. The third kappa shape index (κ3) is 11.7. The maximum absolute atomic E-state index is 12.3. The molecule has 302 valence electrons. The molecule has 0 fully saturated rings. The minimum atomic E-state index is -0.216. The number of aromatic hydroxyl groups is 3. The normalized spacial score (nSPS) is 13.1. The third-order valence-electron chi connectivity index (χ3n) is 9.86. The molecule has 0 aromatic heterocycles. The van der Waals surface area contributed by atoms with Gasteiger partial charge in [0.1, 0.15) is 17.2 Å². The van der Waals surface area contributed by atoms with Crippen molar-refractivity contribution >= 4 is 5.91 Å². The molecule has 0 saturated heterocycles. The van der Waals surface area contributed by atoms with Gasteiger partial charge in [-0.15, -0.1) is 0 Å². The van der Waals surface area contributed by atoms with Crippen molar-refractivity contribution in [1.29, 1.82) is 0 Å². The zero-order valence-corrected chi connectivity index (χ0v) is 38.0. The number of nitrogens with zero attached hydrogens (tertiary/aromatic N) is 2.